The van der Waals surface area contributed by atoms with Crippen LogP contribution < -0.4 is 9.47 Å². The van der Waals surface area contributed by atoms with Crippen LogP contribution in [0.5, 0.6) is 11.5 Å². The van der Waals surface area contributed by atoms with E-state index in [1.54, 1.807) is 7.11 Å². The van der Waals surface area contributed by atoms with Gasteiger partial charge in [0, 0.05) is 11.3 Å². The van der Waals surface area contributed by atoms with Crippen LogP contribution in [0, 0.1) is 11.1 Å². The fourth-order valence-electron chi connectivity index (χ4n) is 6.81. The van der Waals surface area contributed by atoms with Crippen molar-refractivity contribution in [3.8, 4) is 11.5 Å². The minimum Gasteiger partial charge on any atom is -0.493 e. The van der Waals surface area contributed by atoms with Crippen molar-refractivity contribution in [2.24, 2.45) is 5.92 Å². The summed E-state index contributed by atoms with van der Waals surface area (Å²) in [5.74, 6) is 1.48. The fourth-order valence-corrected chi connectivity index (χ4v) is 6.81. The van der Waals surface area contributed by atoms with E-state index in [1.165, 1.54) is 31.9 Å². The van der Waals surface area contributed by atoms with Gasteiger partial charge in [-0.15, -0.1) is 0 Å². The average molecular weight is 536 g/mol. The normalized spacial score (nSPS) is 25.7. The molecule has 4 atom stereocenters. The Kier molecular flexibility index (Phi) is 8.95. The number of carbonyl (C=O) groups excluding carboxylic acids is 1. The second kappa shape index (κ2) is 12.8. The van der Waals surface area contributed by atoms with Crippen LogP contribution >= 0.6 is 0 Å². The second-order valence-electron chi connectivity index (χ2n) is 11.2. The lowest BCUT2D eigenvalue weighted by atomic mass is 9.70. The first-order valence-corrected chi connectivity index (χ1v) is 14.5. The zero-order valence-electron chi connectivity index (χ0n) is 23.2. The summed E-state index contributed by atoms with van der Waals surface area (Å²) in [6, 6.07) is 16.6. The summed E-state index contributed by atoms with van der Waals surface area (Å²) < 4.78 is 16.9. The van der Waals surface area contributed by atoms with Crippen molar-refractivity contribution >= 4 is 11.7 Å². The lowest BCUT2D eigenvalue weighted by molar-refractivity contribution is -0.762. The summed E-state index contributed by atoms with van der Waals surface area (Å²) in [4.78, 5) is 18.8. The molecule has 0 spiro atoms. The number of methoxy groups -OCH3 is 2. The molecule has 0 saturated heterocycles. The second-order valence-corrected chi connectivity index (χ2v) is 11.2. The number of benzene rings is 2. The SMILES string of the molecule is COC(=O)CCC1=[N+]([O-])O[C@H]([C@H]2CCCC[C@@H]2c2ccccc2)C[C@H]1c1ccc(OC)c(OC2CCCC2)c1. The summed E-state index contributed by atoms with van der Waals surface area (Å²) in [5.41, 5.74) is 2.86. The Morgan fingerprint density at radius 2 is 1.69 bits per heavy atom. The van der Waals surface area contributed by atoms with E-state index in [1.807, 2.05) is 24.3 Å². The van der Waals surface area contributed by atoms with Gasteiger partial charge in [-0.3, -0.25) is 10.0 Å². The van der Waals surface area contributed by atoms with Crippen LogP contribution in [0.4, 0.5) is 0 Å². The molecule has 210 valence electrons. The minimum atomic E-state index is -0.340. The van der Waals surface area contributed by atoms with Crippen LogP contribution in [-0.4, -0.2) is 43.0 Å². The van der Waals surface area contributed by atoms with Crippen molar-refractivity contribution in [3.05, 3.63) is 64.9 Å². The van der Waals surface area contributed by atoms with Crippen LogP contribution in [0.25, 0.3) is 0 Å². The Balaban J connectivity index is 1.47. The van der Waals surface area contributed by atoms with Gasteiger partial charge in [0.15, 0.2) is 11.5 Å². The average Bonchev–Trinajstić information content (AvgIpc) is 3.49. The van der Waals surface area contributed by atoms with Gasteiger partial charge in [0.2, 0.25) is 5.71 Å². The molecule has 0 bridgehead atoms. The summed E-state index contributed by atoms with van der Waals surface area (Å²) >= 11 is 0. The molecule has 39 heavy (non-hydrogen) atoms. The quantitative estimate of drug-likeness (QED) is 0.263. The van der Waals surface area contributed by atoms with Crippen LogP contribution in [0.1, 0.15) is 93.6 Å². The molecule has 7 heteroatoms. The summed E-state index contributed by atoms with van der Waals surface area (Å²) in [6.07, 6.45) is 9.94. The molecule has 0 N–H and O–H groups in total. The Labute approximate surface area is 231 Å². The topological polar surface area (TPSA) is 80.1 Å². The van der Waals surface area contributed by atoms with E-state index in [0.717, 1.165) is 43.4 Å². The maximum absolute atomic E-state index is 13.5. The zero-order valence-corrected chi connectivity index (χ0v) is 23.2. The van der Waals surface area contributed by atoms with Gasteiger partial charge in [-0.05, 0) is 80.0 Å². The highest BCUT2D eigenvalue weighted by atomic mass is 16.9. The highest BCUT2D eigenvalue weighted by Crippen LogP contribution is 2.45. The number of hydrogen-bond acceptors (Lipinski definition) is 6. The summed E-state index contributed by atoms with van der Waals surface area (Å²) in [6.45, 7) is 0. The molecule has 2 fully saturated rings. The predicted molar refractivity (Wildman–Crippen MR) is 149 cm³/mol. The number of carbonyl (C=O) groups is 1. The molecule has 3 aliphatic rings. The van der Waals surface area contributed by atoms with Gasteiger partial charge < -0.3 is 19.0 Å². The molecule has 2 saturated carbocycles. The highest BCUT2D eigenvalue weighted by molar-refractivity contribution is 5.89. The Morgan fingerprint density at radius 1 is 0.949 bits per heavy atom. The monoisotopic (exact) mass is 535 g/mol. The molecule has 7 nitrogen and oxygen atoms in total. The molecule has 0 unspecified atom stereocenters. The van der Waals surface area contributed by atoms with E-state index >= 15 is 0 Å². The van der Waals surface area contributed by atoms with Gasteiger partial charge in [-0.25, -0.2) is 0 Å². The van der Waals surface area contributed by atoms with E-state index in [2.05, 4.69) is 24.3 Å². The molecule has 1 aliphatic heterocycles. The van der Waals surface area contributed by atoms with Gasteiger partial charge in [0.1, 0.15) is 0 Å². The fraction of sp³-hybridized carbons (Fsp3) is 0.562. The van der Waals surface area contributed by atoms with Crippen LogP contribution in [0.15, 0.2) is 48.5 Å². The van der Waals surface area contributed by atoms with Crippen molar-refractivity contribution in [3.63, 3.8) is 0 Å². The number of nitrogens with zero attached hydrogens (tertiary/aromatic N) is 1. The van der Waals surface area contributed by atoms with Crippen LogP contribution in [-0.2, 0) is 14.4 Å². The third-order valence-corrected chi connectivity index (χ3v) is 8.86. The molecular weight excluding hydrogens is 494 g/mol. The van der Waals surface area contributed by atoms with Crippen LogP contribution in [0.3, 0.4) is 0 Å². The number of ether oxygens (including phenoxy) is 3. The summed E-state index contributed by atoms with van der Waals surface area (Å²) in [7, 11) is 3.02. The Hall–Kier alpha value is -3.22. The van der Waals surface area contributed by atoms with Gasteiger partial charge in [0.25, 0.3) is 0 Å². The van der Waals surface area contributed by atoms with E-state index < -0.39 is 0 Å². The predicted octanol–water partition coefficient (Wildman–Crippen LogP) is 6.68. The van der Waals surface area contributed by atoms with E-state index in [-0.39, 0.29) is 42.9 Å². The van der Waals surface area contributed by atoms with Crippen molar-refractivity contribution in [2.75, 3.05) is 14.2 Å². The molecule has 0 amide bonds. The standard InChI is InChI=1S/C32H41NO6/c1-36-29-18-16-23(20-31(29)38-24-12-6-7-13-24)27-21-30(39-33(35)28(27)17-19-32(34)37-2)26-15-9-8-14-25(26)22-10-4-3-5-11-22/h3-5,10-11,16,18,20,24-27,30H,6-9,12-15,17,19,21H2,1-2H3/t25-,26+,27+,30+/m1/s1. The van der Waals surface area contributed by atoms with Gasteiger partial charge in [-0.2, -0.15) is 0 Å². The maximum atomic E-state index is 13.5. The molecule has 5 rings (SSSR count). The van der Waals surface area contributed by atoms with E-state index in [9.17, 15) is 10.0 Å². The smallest absolute Gasteiger partial charge is 0.306 e. The van der Waals surface area contributed by atoms with Crippen molar-refractivity contribution in [2.45, 2.75) is 94.7 Å². The third-order valence-electron chi connectivity index (χ3n) is 8.86. The molecule has 2 aromatic rings. The number of esters is 1. The largest absolute Gasteiger partial charge is 0.493 e. The number of rotatable bonds is 9. The zero-order chi connectivity index (χ0) is 27.2. The lowest BCUT2D eigenvalue weighted by Gasteiger charge is -2.41. The van der Waals surface area contributed by atoms with Gasteiger partial charge in [0.05, 0.1) is 38.8 Å². The first kappa shape index (κ1) is 27.4. The lowest BCUT2D eigenvalue weighted by Crippen LogP contribution is -2.42. The molecule has 0 aromatic heterocycles. The maximum Gasteiger partial charge on any atom is 0.306 e. The molecular formula is C32H41NO6. The Morgan fingerprint density at radius 3 is 2.44 bits per heavy atom. The first-order chi connectivity index (χ1) is 19.1. The molecule has 2 aromatic carbocycles. The van der Waals surface area contributed by atoms with E-state index in [4.69, 9.17) is 19.0 Å². The Bertz CT molecular complexity index is 1140. The third kappa shape index (κ3) is 6.34. The number of hydrogen-bond donors (Lipinski definition) is 0. The molecule has 1 heterocycles. The van der Waals surface area contributed by atoms with Crippen molar-refractivity contribution < 1.29 is 28.7 Å². The molecule has 0 radical (unpaired) electrons. The van der Waals surface area contributed by atoms with Gasteiger partial charge >= 0.3 is 5.97 Å². The first-order valence-electron chi connectivity index (χ1n) is 14.5. The molecule has 2 aliphatic carbocycles. The van der Waals surface area contributed by atoms with Crippen molar-refractivity contribution in [1.29, 1.82) is 0 Å². The van der Waals surface area contributed by atoms with E-state index in [0.29, 0.717) is 28.7 Å². The van der Waals surface area contributed by atoms with Crippen molar-refractivity contribution in [1.82, 2.24) is 0 Å². The van der Waals surface area contributed by atoms with Crippen LogP contribution in [0.2, 0.25) is 0 Å². The minimum absolute atomic E-state index is 0.132. The van der Waals surface area contributed by atoms with Gasteiger partial charge in [-0.1, -0.05) is 49.2 Å². The summed E-state index contributed by atoms with van der Waals surface area (Å²) in [5, 5.41) is 13.5. The highest BCUT2D eigenvalue weighted by Gasteiger charge is 2.41.